The fraction of sp³-hybridized carbons (Fsp3) is 0.947. The van der Waals surface area contributed by atoms with E-state index in [0.29, 0.717) is 6.42 Å². The Hall–Kier alpha value is -0.850. The quantitative estimate of drug-likeness (QED) is 0.204. The van der Waals surface area contributed by atoms with Gasteiger partial charge in [-0.3, -0.25) is 4.79 Å². The first-order chi connectivity index (χ1) is 14.0. The van der Waals surface area contributed by atoms with E-state index < -0.39 is 5.97 Å². The van der Waals surface area contributed by atoms with E-state index in [9.17, 15) is 4.79 Å². The van der Waals surface area contributed by atoms with Crippen LogP contribution in [0, 0.1) is 0 Å². The van der Waals surface area contributed by atoms with E-state index >= 15 is 0 Å². The van der Waals surface area contributed by atoms with Crippen molar-refractivity contribution in [3.8, 4) is 0 Å². The zero-order valence-electron chi connectivity index (χ0n) is 17.7. The Morgan fingerprint density at radius 3 is 1.59 bits per heavy atom. The monoisotopic (exact) mass is 414 g/mol. The molecule has 0 spiro atoms. The van der Waals surface area contributed by atoms with Crippen molar-refractivity contribution in [2.45, 2.75) is 30.3 Å². The van der Waals surface area contributed by atoms with Crippen molar-refractivity contribution in [3.05, 3.63) is 0 Å². The van der Waals surface area contributed by atoms with Crippen molar-refractivity contribution in [2.24, 2.45) is 5.73 Å². The number of carbonyl (C=O) groups is 1. The molecule has 10 heteroatoms. The molecule has 3 aliphatic rings. The van der Waals surface area contributed by atoms with E-state index in [1.54, 1.807) is 0 Å². The molecular weight excluding hydrogens is 372 g/mol. The lowest BCUT2D eigenvalue weighted by Gasteiger charge is -2.37. The van der Waals surface area contributed by atoms with Gasteiger partial charge in [0, 0.05) is 85.0 Å². The van der Waals surface area contributed by atoms with Crippen molar-refractivity contribution < 1.29 is 9.90 Å². The lowest BCUT2D eigenvalue weighted by Crippen LogP contribution is -2.66. The number of fused-ring (bicyclic) bond motifs is 15. The zero-order chi connectivity index (χ0) is 20.8. The summed E-state index contributed by atoms with van der Waals surface area (Å²) in [4.78, 5) is 10.7. The molecule has 170 valence electrons. The van der Waals surface area contributed by atoms with Crippen LogP contribution in [0.3, 0.4) is 0 Å². The van der Waals surface area contributed by atoms with Gasteiger partial charge >= 0.3 is 5.97 Å². The molecule has 0 aromatic heterocycles. The lowest BCUT2D eigenvalue weighted by molar-refractivity contribution is -0.137. The van der Waals surface area contributed by atoms with Gasteiger partial charge in [0.25, 0.3) is 0 Å². The average Bonchev–Trinajstić information content (AvgIpc) is 2.68. The highest BCUT2D eigenvalue weighted by atomic mass is 16.4. The van der Waals surface area contributed by atoms with Gasteiger partial charge in [-0.2, -0.15) is 0 Å². The van der Waals surface area contributed by atoms with Gasteiger partial charge in [-0.25, -0.2) is 0 Å². The molecule has 3 fully saturated rings. The second-order valence-corrected chi connectivity index (χ2v) is 8.48. The molecule has 0 saturated carbocycles. The van der Waals surface area contributed by atoms with Gasteiger partial charge in [-0.05, 0) is 19.4 Å². The molecule has 0 aromatic rings. The first-order valence-corrected chi connectivity index (χ1v) is 11.0. The van der Waals surface area contributed by atoms with Crippen LogP contribution in [0.2, 0.25) is 0 Å². The first kappa shape index (κ1) is 24.4. The number of carboxylic acids is 1. The Morgan fingerprint density at radius 2 is 1.17 bits per heavy atom. The van der Waals surface area contributed by atoms with E-state index in [2.05, 4.69) is 37.2 Å². The fourth-order valence-corrected chi connectivity index (χ4v) is 3.84. The van der Waals surface area contributed by atoms with Crippen LogP contribution >= 0.6 is 0 Å². The topological polar surface area (TPSA) is 148 Å². The van der Waals surface area contributed by atoms with Crippen molar-refractivity contribution in [1.82, 2.24) is 37.2 Å². The minimum atomic E-state index is -0.724. The van der Waals surface area contributed by atoms with Crippen LogP contribution in [0.25, 0.3) is 0 Å². The normalized spacial score (nSPS) is 31.1. The van der Waals surface area contributed by atoms with Gasteiger partial charge in [0.15, 0.2) is 0 Å². The van der Waals surface area contributed by atoms with Gasteiger partial charge in [0.05, 0.1) is 11.1 Å². The summed E-state index contributed by atoms with van der Waals surface area (Å²) in [6, 6.07) is 0. The van der Waals surface area contributed by atoms with Crippen LogP contribution < -0.4 is 43.0 Å². The lowest BCUT2D eigenvalue weighted by atomic mass is 9.97. The molecule has 3 saturated heterocycles. The van der Waals surface area contributed by atoms with Gasteiger partial charge in [0.1, 0.15) is 0 Å². The van der Waals surface area contributed by atoms with Crippen molar-refractivity contribution in [2.75, 3.05) is 85.1 Å². The summed E-state index contributed by atoms with van der Waals surface area (Å²) < 4.78 is 0. The highest BCUT2D eigenvalue weighted by molar-refractivity contribution is 5.66. The number of rotatable bonds is 6. The molecule has 0 atom stereocenters. The average molecular weight is 415 g/mol. The second kappa shape index (κ2) is 13.5. The van der Waals surface area contributed by atoms with Crippen LogP contribution in [-0.4, -0.2) is 107 Å². The molecule has 29 heavy (non-hydrogen) atoms. The molecule has 0 radical (unpaired) electrons. The molecule has 0 aliphatic carbocycles. The predicted octanol–water partition coefficient (Wildman–Crippen LogP) is -3.17. The van der Waals surface area contributed by atoms with Crippen molar-refractivity contribution in [3.63, 3.8) is 0 Å². The zero-order valence-corrected chi connectivity index (χ0v) is 17.7. The number of carboxylic acid groups (broad SMARTS) is 1. The molecule has 0 unspecified atom stereocenters. The summed E-state index contributed by atoms with van der Waals surface area (Å²) in [5.74, 6) is -0.724. The maximum atomic E-state index is 10.7. The number of hydrogen-bond donors (Lipinski definition) is 9. The maximum Gasteiger partial charge on any atom is 0.303 e. The first-order valence-electron chi connectivity index (χ1n) is 11.0. The third-order valence-electron chi connectivity index (χ3n) is 5.57. The summed E-state index contributed by atoms with van der Waals surface area (Å²) in [7, 11) is 0. The highest BCUT2D eigenvalue weighted by Gasteiger charge is 2.29. The summed E-state index contributed by atoms with van der Waals surface area (Å²) in [5.41, 5.74) is 6.18. The minimum absolute atomic E-state index is 0.130. The SMILES string of the molecule is NC12CNCCNCC(NCCCCC(=O)O)(CNCCNC1)CNCCNC2. The Balaban J connectivity index is 2.00. The Labute approximate surface area is 174 Å². The van der Waals surface area contributed by atoms with Crippen molar-refractivity contribution in [1.29, 1.82) is 0 Å². The number of unbranched alkanes of at least 4 members (excludes halogenated alkanes) is 1. The molecule has 10 nitrogen and oxygen atoms in total. The summed E-state index contributed by atoms with van der Waals surface area (Å²) in [6.45, 7) is 10.8. The van der Waals surface area contributed by atoms with Crippen LogP contribution in [0.5, 0.6) is 0 Å². The molecule has 3 aliphatic heterocycles. The summed E-state index contributed by atoms with van der Waals surface area (Å²) >= 11 is 0. The number of aliphatic carboxylic acids is 1. The minimum Gasteiger partial charge on any atom is -0.481 e. The highest BCUT2D eigenvalue weighted by Crippen LogP contribution is 2.05. The van der Waals surface area contributed by atoms with Gasteiger partial charge < -0.3 is 48.1 Å². The third-order valence-corrected chi connectivity index (χ3v) is 5.57. The number of hydrogen-bond acceptors (Lipinski definition) is 9. The van der Waals surface area contributed by atoms with Crippen LogP contribution in [0.1, 0.15) is 19.3 Å². The van der Waals surface area contributed by atoms with E-state index in [0.717, 1.165) is 91.5 Å². The molecule has 0 aromatic carbocycles. The maximum absolute atomic E-state index is 10.7. The van der Waals surface area contributed by atoms with E-state index in [4.69, 9.17) is 10.8 Å². The summed E-state index contributed by atoms with van der Waals surface area (Å²) in [5, 5.41) is 33.8. The molecule has 2 bridgehead atoms. The molecule has 3 heterocycles. The van der Waals surface area contributed by atoms with Crippen molar-refractivity contribution >= 4 is 5.97 Å². The molecular formula is C19H42N8O2. The fourth-order valence-electron chi connectivity index (χ4n) is 3.84. The third kappa shape index (κ3) is 10.1. The number of nitrogens with one attached hydrogen (secondary N) is 7. The van der Waals surface area contributed by atoms with E-state index in [-0.39, 0.29) is 17.5 Å². The largest absolute Gasteiger partial charge is 0.481 e. The smallest absolute Gasteiger partial charge is 0.303 e. The van der Waals surface area contributed by atoms with Crippen LogP contribution in [0.4, 0.5) is 0 Å². The molecule has 3 rings (SSSR count). The van der Waals surface area contributed by atoms with Gasteiger partial charge in [-0.1, -0.05) is 0 Å². The van der Waals surface area contributed by atoms with Crippen LogP contribution in [-0.2, 0) is 4.79 Å². The van der Waals surface area contributed by atoms with Gasteiger partial charge in [0.2, 0.25) is 0 Å². The summed E-state index contributed by atoms with van der Waals surface area (Å²) in [6.07, 6.45) is 1.79. The molecule has 0 amide bonds. The standard InChI is InChI=1S/C19H42N8O2/c20-18-11-21-5-8-24-14-19(15-25-9-6-22-12-18,16-26-10-7-23-13-18)27-4-2-1-3-17(28)29/h21-27H,1-16,20H2,(H,28,29). The Morgan fingerprint density at radius 1 is 0.759 bits per heavy atom. The predicted molar refractivity (Wildman–Crippen MR) is 116 cm³/mol. The van der Waals surface area contributed by atoms with Gasteiger partial charge in [-0.15, -0.1) is 0 Å². The number of nitrogens with two attached hydrogens (primary N) is 1. The Bertz CT molecular complexity index is 422. The molecule has 10 N–H and O–H groups in total. The Kier molecular flexibility index (Phi) is 11.3. The van der Waals surface area contributed by atoms with E-state index in [1.807, 2.05) is 0 Å². The van der Waals surface area contributed by atoms with E-state index in [1.165, 1.54) is 0 Å². The second-order valence-electron chi connectivity index (χ2n) is 8.48. The van der Waals surface area contributed by atoms with Crippen LogP contribution in [0.15, 0.2) is 0 Å².